The van der Waals surface area contributed by atoms with E-state index in [1.54, 1.807) is 12.1 Å². The van der Waals surface area contributed by atoms with Crippen molar-refractivity contribution >= 4 is 27.3 Å². The van der Waals surface area contributed by atoms with Crippen LogP contribution in [-0.2, 0) is 10.0 Å². The molecule has 0 spiro atoms. The van der Waals surface area contributed by atoms with Crippen LogP contribution in [0.25, 0.3) is 16.7 Å². The summed E-state index contributed by atoms with van der Waals surface area (Å²) in [6, 6.07) is 12.9. The first kappa shape index (κ1) is 28.3. The number of sulfonamides is 1. The predicted molar refractivity (Wildman–Crippen MR) is 147 cm³/mol. The number of hydrogen-bond acceptors (Lipinski definition) is 4. The van der Waals surface area contributed by atoms with Crippen molar-refractivity contribution in [1.82, 2.24) is 0 Å². The number of hydrogen-bond donors (Lipinski definition) is 2. The van der Waals surface area contributed by atoms with E-state index >= 15 is 4.39 Å². The Balaban J connectivity index is 1.61. The van der Waals surface area contributed by atoms with Crippen LogP contribution in [-0.4, -0.2) is 26.6 Å². The van der Waals surface area contributed by atoms with Gasteiger partial charge >= 0.3 is 5.97 Å². The summed E-state index contributed by atoms with van der Waals surface area (Å²) in [4.78, 5) is 10.6. The number of benzene rings is 3. The molecule has 4 rings (SSSR count). The average molecular weight is 556 g/mol. The summed E-state index contributed by atoms with van der Waals surface area (Å²) < 4.78 is 63.2. The van der Waals surface area contributed by atoms with Crippen molar-refractivity contribution < 1.29 is 31.8 Å². The molecular weight excluding hydrogens is 524 g/mol. The van der Waals surface area contributed by atoms with E-state index in [-0.39, 0.29) is 22.4 Å². The van der Waals surface area contributed by atoms with Crippen LogP contribution in [0.5, 0.6) is 5.75 Å². The minimum Gasteiger partial charge on any atom is -0.495 e. The SMILES string of the molecule is COc1cc(C(=O)O)c(F)cc1NS(=O)(=O)c1cccc(-c2ccc(C3=CCC(C(C)(C)C)CC3)cc2)c1F. The highest BCUT2D eigenvalue weighted by Gasteiger charge is 2.27. The van der Waals surface area contributed by atoms with Gasteiger partial charge in [0.15, 0.2) is 5.82 Å². The first-order valence-electron chi connectivity index (χ1n) is 12.5. The van der Waals surface area contributed by atoms with Crippen LogP contribution in [0.15, 0.2) is 65.6 Å². The van der Waals surface area contributed by atoms with Gasteiger partial charge in [-0.3, -0.25) is 4.72 Å². The van der Waals surface area contributed by atoms with Gasteiger partial charge in [-0.2, -0.15) is 0 Å². The molecule has 39 heavy (non-hydrogen) atoms. The maximum Gasteiger partial charge on any atom is 0.338 e. The second-order valence-corrected chi connectivity index (χ2v) is 12.4. The number of rotatable bonds is 7. The lowest BCUT2D eigenvalue weighted by Gasteiger charge is -2.33. The van der Waals surface area contributed by atoms with Crippen LogP contribution in [0.2, 0.25) is 0 Å². The second kappa shape index (κ2) is 10.8. The van der Waals surface area contributed by atoms with E-state index < -0.39 is 38.1 Å². The van der Waals surface area contributed by atoms with Gasteiger partial charge in [-0.05, 0) is 59.4 Å². The summed E-state index contributed by atoms with van der Waals surface area (Å²) in [6.07, 6.45) is 5.35. The van der Waals surface area contributed by atoms with Gasteiger partial charge in [-0.25, -0.2) is 22.0 Å². The molecule has 0 radical (unpaired) electrons. The Bertz CT molecular complexity index is 1540. The lowest BCUT2D eigenvalue weighted by molar-refractivity contribution is 0.0691. The van der Waals surface area contributed by atoms with Crippen molar-refractivity contribution in [3.05, 3.63) is 83.4 Å². The molecule has 0 amide bonds. The minimum absolute atomic E-state index is 0.0919. The Hall–Kier alpha value is -3.72. The third-order valence-electron chi connectivity index (χ3n) is 7.22. The third-order valence-corrected chi connectivity index (χ3v) is 8.60. The molecule has 9 heteroatoms. The molecule has 0 heterocycles. The molecule has 3 aromatic rings. The van der Waals surface area contributed by atoms with Crippen LogP contribution in [0, 0.1) is 23.0 Å². The summed E-state index contributed by atoms with van der Waals surface area (Å²) in [7, 11) is -3.35. The van der Waals surface area contributed by atoms with Gasteiger partial charge in [0, 0.05) is 11.6 Å². The normalized spacial score (nSPS) is 15.9. The van der Waals surface area contributed by atoms with Crippen molar-refractivity contribution in [3.8, 4) is 16.9 Å². The molecule has 206 valence electrons. The average Bonchev–Trinajstić information content (AvgIpc) is 2.88. The zero-order valence-corrected chi connectivity index (χ0v) is 23.0. The molecule has 1 atom stereocenters. The summed E-state index contributed by atoms with van der Waals surface area (Å²) in [6.45, 7) is 6.77. The molecule has 0 saturated heterocycles. The van der Waals surface area contributed by atoms with Gasteiger partial charge in [0.05, 0.1) is 18.4 Å². The Kier molecular flexibility index (Phi) is 7.84. The molecule has 1 aliphatic carbocycles. The van der Waals surface area contributed by atoms with Crippen LogP contribution in [0.1, 0.15) is 56.0 Å². The number of ether oxygens (including phenoxy) is 1. The molecule has 0 fully saturated rings. The summed E-state index contributed by atoms with van der Waals surface area (Å²) in [5.41, 5.74) is 2.10. The molecule has 0 aliphatic heterocycles. The summed E-state index contributed by atoms with van der Waals surface area (Å²) in [5.74, 6) is -3.28. The fourth-order valence-electron chi connectivity index (χ4n) is 4.85. The van der Waals surface area contributed by atoms with Crippen molar-refractivity contribution in [2.45, 2.75) is 44.9 Å². The first-order chi connectivity index (χ1) is 18.3. The molecule has 1 aliphatic rings. The number of halogens is 2. The predicted octanol–water partition coefficient (Wildman–Crippen LogP) is 7.37. The summed E-state index contributed by atoms with van der Waals surface area (Å²) in [5, 5.41) is 9.11. The Morgan fingerprint density at radius 2 is 1.72 bits per heavy atom. The monoisotopic (exact) mass is 555 g/mol. The standard InChI is InChI=1S/C30H31F2NO5S/c1-30(2,3)21-14-12-19(13-15-21)18-8-10-20(11-9-18)22-6-5-7-27(28(22)32)39(36,37)33-25-17-24(31)23(29(34)35)16-26(25)38-4/h5-12,16-17,21,33H,13-15H2,1-4H3,(H,34,35). The maximum absolute atomic E-state index is 15.6. The molecular formula is C30H31F2NO5S. The van der Waals surface area contributed by atoms with Crippen molar-refractivity contribution in [2.75, 3.05) is 11.8 Å². The fourth-order valence-corrected chi connectivity index (χ4v) is 6.02. The maximum atomic E-state index is 15.6. The highest BCUT2D eigenvalue weighted by molar-refractivity contribution is 7.92. The smallest absolute Gasteiger partial charge is 0.338 e. The quantitative estimate of drug-likeness (QED) is 0.318. The lowest BCUT2D eigenvalue weighted by Crippen LogP contribution is -2.21. The Labute approximate surface area is 227 Å². The van der Waals surface area contributed by atoms with Crippen LogP contribution < -0.4 is 9.46 Å². The molecule has 2 N–H and O–H groups in total. The molecule has 6 nitrogen and oxygen atoms in total. The number of anilines is 1. The van der Waals surface area contributed by atoms with E-state index in [0.717, 1.165) is 37.0 Å². The van der Waals surface area contributed by atoms with E-state index in [1.807, 2.05) is 12.1 Å². The van der Waals surface area contributed by atoms with E-state index in [2.05, 4.69) is 31.6 Å². The van der Waals surface area contributed by atoms with Crippen LogP contribution in [0.3, 0.4) is 0 Å². The number of methoxy groups -OCH3 is 1. The summed E-state index contributed by atoms with van der Waals surface area (Å²) >= 11 is 0. The van der Waals surface area contributed by atoms with E-state index in [1.165, 1.54) is 24.8 Å². The topological polar surface area (TPSA) is 92.7 Å². The molecule has 3 aromatic carbocycles. The Morgan fingerprint density at radius 3 is 2.28 bits per heavy atom. The van der Waals surface area contributed by atoms with Crippen molar-refractivity contribution in [2.24, 2.45) is 11.3 Å². The van der Waals surface area contributed by atoms with Gasteiger partial charge in [0.25, 0.3) is 10.0 Å². The second-order valence-electron chi connectivity index (χ2n) is 10.7. The fraction of sp³-hybridized carbons (Fsp3) is 0.300. The third kappa shape index (κ3) is 5.98. The molecule has 0 aromatic heterocycles. The number of aromatic carboxylic acids is 1. The number of carboxylic acids is 1. The Morgan fingerprint density at radius 1 is 1.05 bits per heavy atom. The molecule has 0 saturated carbocycles. The van der Waals surface area contributed by atoms with E-state index in [0.29, 0.717) is 17.5 Å². The van der Waals surface area contributed by atoms with Crippen LogP contribution in [0.4, 0.5) is 14.5 Å². The van der Waals surface area contributed by atoms with E-state index in [9.17, 15) is 17.6 Å². The van der Waals surface area contributed by atoms with Crippen molar-refractivity contribution in [3.63, 3.8) is 0 Å². The minimum atomic E-state index is -4.53. The highest BCUT2D eigenvalue weighted by atomic mass is 32.2. The van der Waals surface area contributed by atoms with Gasteiger partial charge in [-0.1, -0.05) is 63.2 Å². The number of nitrogens with one attached hydrogen (secondary N) is 1. The number of carbonyl (C=O) groups is 1. The van der Waals surface area contributed by atoms with Gasteiger partial charge in [-0.15, -0.1) is 0 Å². The van der Waals surface area contributed by atoms with Gasteiger partial charge < -0.3 is 9.84 Å². The molecule has 1 unspecified atom stereocenters. The van der Waals surface area contributed by atoms with Crippen LogP contribution >= 0.6 is 0 Å². The van der Waals surface area contributed by atoms with Crippen molar-refractivity contribution in [1.29, 1.82) is 0 Å². The zero-order valence-electron chi connectivity index (χ0n) is 22.2. The number of carboxylic acid groups (broad SMARTS) is 1. The van der Waals surface area contributed by atoms with E-state index in [4.69, 9.17) is 9.84 Å². The van der Waals surface area contributed by atoms with Gasteiger partial charge in [0.2, 0.25) is 0 Å². The lowest BCUT2D eigenvalue weighted by atomic mass is 9.72. The largest absolute Gasteiger partial charge is 0.495 e. The first-order valence-corrected chi connectivity index (χ1v) is 14.0. The van der Waals surface area contributed by atoms with Gasteiger partial charge in [0.1, 0.15) is 16.5 Å². The molecule has 0 bridgehead atoms. The number of allylic oxidation sites excluding steroid dienone is 2. The highest BCUT2D eigenvalue weighted by Crippen LogP contribution is 2.40. The zero-order chi connectivity index (χ0) is 28.5.